The second kappa shape index (κ2) is 11.1. The van der Waals surface area contributed by atoms with Crippen LogP contribution in [0.2, 0.25) is 0 Å². The van der Waals surface area contributed by atoms with Crippen molar-refractivity contribution in [3.63, 3.8) is 0 Å². The van der Waals surface area contributed by atoms with Crippen LogP contribution in [0.25, 0.3) is 0 Å². The molecule has 108 valence electrons. The number of nitrogens with one attached hydrogen (secondary N) is 1. The molecule has 0 saturated heterocycles. The van der Waals surface area contributed by atoms with Gasteiger partial charge >= 0.3 is 0 Å². The van der Waals surface area contributed by atoms with E-state index in [9.17, 15) is 0 Å². The lowest BCUT2D eigenvalue weighted by molar-refractivity contribution is 0.133. The van der Waals surface area contributed by atoms with Crippen molar-refractivity contribution in [2.75, 3.05) is 39.2 Å². The first-order valence-corrected chi connectivity index (χ1v) is 7.90. The SMILES string of the molecule is CCCCOCCNCCSc1ccc(OC)cc1. The third-order valence-electron chi connectivity index (χ3n) is 2.67. The largest absolute Gasteiger partial charge is 0.497 e. The average molecular weight is 283 g/mol. The van der Waals surface area contributed by atoms with Crippen LogP contribution < -0.4 is 10.1 Å². The van der Waals surface area contributed by atoms with Crippen LogP contribution >= 0.6 is 11.8 Å². The summed E-state index contributed by atoms with van der Waals surface area (Å²) in [4.78, 5) is 1.28. The van der Waals surface area contributed by atoms with Crippen LogP contribution in [-0.2, 0) is 4.74 Å². The Kier molecular flexibility index (Phi) is 9.59. The fraction of sp³-hybridized carbons (Fsp3) is 0.600. The number of ether oxygens (including phenoxy) is 2. The van der Waals surface area contributed by atoms with Gasteiger partial charge in [0.25, 0.3) is 0 Å². The van der Waals surface area contributed by atoms with Gasteiger partial charge in [-0.15, -0.1) is 11.8 Å². The van der Waals surface area contributed by atoms with E-state index in [1.807, 2.05) is 23.9 Å². The van der Waals surface area contributed by atoms with Crippen molar-refractivity contribution in [3.05, 3.63) is 24.3 Å². The van der Waals surface area contributed by atoms with Gasteiger partial charge in [-0.2, -0.15) is 0 Å². The summed E-state index contributed by atoms with van der Waals surface area (Å²) in [7, 11) is 1.69. The Morgan fingerprint density at radius 2 is 1.89 bits per heavy atom. The topological polar surface area (TPSA) is 30.5 Å². The molecule has 0 aromatic heterocycles. The van der Waals surface area contributed by atoms with E-state index in [1.54, 1.807) is 7.11 Å². The number of methoxy groups -OCH3 is 1. The maximum Gasteiger partial charge on any atom is 0.118 e. The Morgan fingerprint density at radius 3 is 2.58 bits per heavy atom. The van der Waals surface area contributed by atoms with E-state index in [4.69, 9.17) is 9.47 Å². The third-order valence-corrected chi connectivity index (χ3v) is 3.69. The lowest BCUT2D eigenvalue weighted by Gasteiger charge is -2.06. The molecule has 1 N–H and O–H groups in total. The molecular weight excluding hydrogens is 258 g/mol. The summed E-state index contributed by atoms with van der Waals surface area (Å²) in [5, 5.41) is 3.38. The molecule has 0 heterocycles. The molecule has 1 rings (SSSR count). The maximum atomic E-state index is 5.48. The molecule has 3 nitrogen and oxygen atoms in total. The third kappa shape index (κ3) is 8.14. The highest BCUT2D eigenvalue weighted by atomic mass is 32.2. The smallest absolute Gasteiger partial charge is 0.118 e. The van der Waals surface area contributed by atoms with Crippen LogP contribution in [0.4, 0.5) is 0 Å². The molecule has 0 bridgehead atoms. The minimum absolute atomic E-state index is 0.813. The van der Waals surface area contributed by atoms with Gasteiger partial charge < -0.3 is 14.8 Å². The Hall–Kier alpha value is -0.710. The number of unbranched alkanes of at least 4 members (excludes halogenated alkanes) is 1. The van der Waals surface area contributed by atoms with E-state index < -0.39 is 0 Å². The molecule has 0 spiro atoms. The van der Waals surface area contributed by atoms with E-state index in [0.717, 1.165) is 44.2 Å². The molecule has 0 amide bonds. The van der Waals surface area contributed by atoms with Crippen molar-refractivity contribution in [2.45, 2.75) is 24.7 Å². The second-order valence-electron chi connectivity index (χ2n) is 4.24. The van der Waals surface area contributed by atoms with Gasteiger partial charge in [-0.3, -0.25) is 0 Å². The average Bonchev–Trinajstić information content (AvgIpc) is 2.46. The van der Waals surface area contributed by atoms with Crippen LogP contribution in [0.5, 0.6) is 5.75 Å². The molecule has 1 aromatic carbocycles. The summed E-state index contributed by atoms with van der Waals surface area (Å²) in [5.74, 6) is 1.98. The molecule has 1 aromatic rings. The zero-order valence-corrected chi connectivity index (χ0v) is 12.8. The van der Waals surface area contributed by atoms with Gasteiger partial charge in [-0.1, -0.05) is 13.3 Å². The second-order valence-corrected chi connectivity index (χ2v) is 5.41. The molecule has 0 aliphatic carbocycles. The van der Waals surface area contributed by atoms with Gasteiger partial charge in [-0.25, -0.2) is 0 Å². The molecule has 4 heteroatoms. The first-order valence-electron chi connectivity index (χ1n) is 6.92. The number of rotatable bonds is 11. The van der Waals surface area contributed by atoms with Crippen LogP contribution in [-0.4, -0.2) is 39.2 Å². The van der Waals surface area contributed by atoms with Crippen molar-refractivity contribution in [1.29, 1.82) is 0 Å². The highest BCUT2D eigenvalue weighted by Gasteiger charge is 1.95. The monoisotopic (exact) mass is 283 g/mol. The van der Waals surface area contributed by atoms with Crippen LogP contribution in [0.3, 0.4) is 0 Å². The predicted molar refractivity (Wildman–Crippen MR) is 82.3 cm³/mol. The molecule has 0 radical (unpaired) electrons. The van der Waals surface area contributed by atoms with Crippen LogP contribution in [0.15, 0.2) is 29.2 Å². The number of hydrogen-bond acceptors (Lipinski definition) is 4. The first kappa shape index (κ1) is 16.3. The molecule has 0 saturated carbocycles. The van der Waals surface area contributed by atoms with E-state index in [-0.39, 0.29) is 0 Å². The number of hydrogen-bond donors (Lipinski definition) is 1. The van der Waals surface area contributed by atoms with E-state index >= 15 is 0 Å². The van der Waals surface area contributed by atoms with Gasteiger partial charge in [0.15, 0.2) is 0 Å². The van der Waals surface area contributed by atoms with Crippen molar-refractivity contribution in [1.82, 2.24) is 5.32 Å². The standard InChI is InChI=1S/C15H25NO2S/c1-3-4-11-18-12-9-16-10-13-19-15-7-5-14(17-2)6-8-15/h5-8,16H,3-4,9-13H2,1-2H3. The van der Waals surface area contributed by atoms with Crippen molar-refractivity contribution in [2.24, 2.45) is 0 Å². The molecule has 0 aliphatic heterocycles. The lowest BCUT2D eigenvalue weighted by atomic mass is 10.3. The highest BCUT2D eigenvalue weighted by Crippen LogP contribution is 2.20. The summed E-state index contributed by atoms with van der Waals surface area (Å²) in [6.07, 6.45) is 2.36. The van der Waals surface area contributed by atoms with Crippen molar-refractivity contribution >= 4 is 11.8 Å². The fourth-order valence-corrected chi connectivity index (χ4v) is 2.34. The first-order chi connectivity index (χ1) is 9.36. The summed E-state index contributed by atoms with van der Waals surface area (Å²) in [6.45, 7) is 5.82. The van der Waals surface area contributed by atoms with Gasteiger partial charge in [0.1, 0.15) is 5.75 Å². The predicted octanol–water partition coefficient (Wildman–Crippen LogP) is 3.19. The Bertz CT molecular complexity index is 316. The normalized spacial score (nSPS) is 10.6. The molecule has 19 heavy (non-hydrogen) atoms. The van der Waals surface area contributed by atoms with Crippen LogP contribution in [0, 0.1) is 0 Å². The Labute approximate surface area is 121 Å². The number of benzene rings is 1. The summed E-state index contributed by atoms with van der Waals surface area (Å²) in [6, 6.07) is 8.18. The zero-order valence-electron chi connectivity index (χ0n) is 12.0. The molecule has 0 atom stereocenters. The van der Waals surface area contributed by atoms with Gasteiger partial charge in [0.05, 0.1) is 13.7 Å². The summed E-state index contributed by atoms with van der Waals surface area (Å²) >= 11 is 1.85. The summed E-state index contributed by atoms with van der Waals surface area (Å²) < 4.78 is 10.6. The molecule has 0 unspecified atom stereocenters. The minimum Gasteiger partial charge on any atom is -0.497 e. The Balaban J connectivity index is 1.95. The zero-order chi connectivity index (χ0) is 13.8. The molecule has 0 aliphatic rings. The van der Waals surface area contributed by atoms with Gasteiger partial charge in [0.2, 0.25) is 0 Å². The summed E-state index contributed by atoms with van der Waals surface area (Å²) in [5.41, 5.74) is 0. The van der Waals surface area contributed by atoms with E-state index in [2.05, 4.69) is 24.4 Å². The van der Waals surface area contributed by atoms with Crippen molar-refractivity contribution < 1.29 is 9.47 Å². The molecular formula is C15H25NO2S. The quantitative estimate of drug-likeness (QED) is 0.499. The van der Waals surface area contributed by atoms with Gasteiger partial charge in [-0.05, 0) is 30.7 Å². The maximum absolute atomic E-state index is 5.48. The van der Waals surface area contributed by atoms with E-state index in [1.165, 1.54) is 11.3 Å². The van der Waals surface area contributed by atoms with Crippen LogP contribution in [0.1, 0.15) is 19.8 Å². The number of thioether (sulfide) groups is 1. The Morgan fingerprint density at radius 1 is 1.11 bits per heavy atom. The van der Waals surface area contributed by atoms with Gasteiger partial charge in [0, 0.05) is 30.3 Å². The van der Waals surface area contributed by atoms with E-state index in [0.29, 0.717) is 0 Å². The highest BCUT2D eigenvalue weighted by molar-refractivity contribution is 7.99. The fourth-order valence-electron chi connectivity index (χ4n) is 1.53. The van der Waals surface area contributed by atoms with Crippen molar-refractivity contribution in [3.8, 4) is 5.75 Å². The molecule has 0 fully saturated rings. The lowest BCUT2D eigenvalue weighted by Crippen LogP contribution is -2.22. The minimum atomic E-state index is 0.813.